The summed E-state index contributed by atoms with van der Waals surface area (Å²) in [6.07, 6.45) is 0. The van der Waals surface area contributed by atoms with E-state index in [1.54, 1.807) is 12.1 Å². The van der Waals surface area contributed by atoms with Crippen LogP contribution in [0.25, 0.3) is 0 Å². The smallest absolute Gasteiger partial charge is 0.257 e. The molecule has 0 atom stereocenters. The van der Waals surface area contributed by atoms with Crippen molar-refractivity contribution in [3.8, 4) is 0 Å². The van der Waals surface area contributed by atoms with Crippen LogP contribution in [0.15, 0.2) is 66.7 Å². The number of anilines is 2. The van der Waals surface area contributed by atoms with Crippen molar-refractivity contribution < 1.29 is 4.79 Å². The van der Waals surface area contributed by atoms with E-state index in [1.165, 1.54) is 11.1 Å². The molecule has 3 aromatic rings. The average Bonchev–Trinajstić information content (AvgIpc) is 2.74. The molecule has 0 aliphatic carbocycles. The van der Waals surface area contributed by atoms with E-state index >= 15 is 0 Å². The van der Waals surface area contributed by atoms with E-state index in [9.17, 15) is 4.79 Å². The van der Waals surface area contributed by atoms with Gasteiger partial charge in [0, 0.05) is 30.0 Å². The lowest BCUT2D eigenvalue weighted by Gasteiger charge is -2.29. The Labute approximate surface area is 190 Å². The van der Waals surface area contributed by atoms with Crippen LogP contribution in [0.2, 0.25) is 0 Å². The number of para-hydroxylation sites is 2. The van der Waals surface area contributed by atoms with Gasteiger partial charge in [0.05, 0.1) is 0 Å². The summed E-state index contributed by atoms with van der Waals surface area (Å²) in [6, 6.07) is 21.6. The van der Waals surface area contributed by atoms with Crippen molar-refractivity contribution in [2.75, 3.05) is 23.3 Å². The third-order valence-electron chi connectivity index (χ3n) is 5.33. The highest BCUT2D eigenvalue weighted by molar-refractivity contribution is 7.80. The van der Waals surface area contributed by atoms with E-state index in [0.717, 1.165) is 22.5 Å². The molecule has 31 heavy (non-hydrogen) atoms. The molecule has 0 radical (unpaired) electrons. The molecule has 0 spiro atoms. The first-order valence-corrected chi connectivity index (χ1v) is 10.8. The number of nitrogens with zero attached hydrogens (tertiary/aromatic N) is 1. The molecule has 0 saturated carbocycles. The maximum absolute atomic E-state index is 12.7. The summed E-state index contributed by atoms with van der Waals surface area (Å²) in [5.41, 5.74) is 7.40. The Hall–Kier alpha value is -3.18. The van der Waals surface area contributed by atoms with Gasteiger partial charge in [0.25, 0.3) is 5.91 Å². The van der Waals surface area contributed by atoms with Crippen LogP contribution in [0, 0.1) is 27.7 Å². The zero-order valence-electron chi connectivity index (χ0n) is 18.5. The van der Waals surface area contributed by atoms with E-state index in [2.05, 4.69) is 68.7 Å². The van der Waals surface area contributed by atoms with Crippen molar-refractivity contribution >= 4 is 34.6 Å². The van der Waals surface area contributed by atoms with Crippen LogP contribution in [0.4, 0.5) is 11.4 Å². The van der Waals surface area contributed by atoms with Crippen molar-refractivity contribution in [3.05, 3.63) is 94.5 Å². The van der Waals surface area contributed by atoms with Crippen LogP contribution in [0.3, 0.4) is 0 Å². The quantitative estimate of drug-likeness (QED) is 0.502. The van der Waals surface area contributed by atoms with Crippen LogP contribution in [0.1, 0.15) is 32.6 Å². The van der Waals surface area contributed by atoms with E-state index in [1.807, 2.05) is 29.2 Å². The highest BCUT2D eigenvalue weighted by Crippen LogP contribution is 2.25. The molecule has 0 bridgehead atoms. The molecule has 160 valence electrons. The number of hydrogen-bond acceptors (Lipinski definition) is 3. The van der Waals surface area contributed by atoms with Gasteiger partial charge in [-0.05, 0) is 74.3 Å². The Kier molecular flexibility index (Phi) is 7.42. The summed E-state index contributed by atoms with van der Waals surface area (Å²) in [7, 11) is 0. The van der Waals surface area contributed by atoms with Crippen LogP contribution in [0.5, 0.6) is 0 Å². The molecule has 3 aromatic carbocycles. The zero-order chi connectivity index (χ0) is 22.4. The zero-order valence-corrected chi connectivity index (χ0v) is 19.3. The van der Waals surface area contributed by atoms with Gasteiger partial charge < -0.3 is 10.2 Å². The van der Waals surface area contributed by atoms with Gasteiger partial charge in [-0.3, -0.25) is 10.1 Å². The fraction of sp³-hybridized carbons (Fsp3) is 0.231. The largest absolute Gasteiger partial charge is 0.383 e. The Morgan fingerprint density at radius 1 is 0.806 bits per heavy atom. The predicted molar refractivity (Wildman–Crippen MR) is 134 cm³/mol. The van der Waals surface area contributed by atoms with E-state index < -0.39 is 0 Å². The number of carbonyl (C=O) groups excluding carboxylic acids is 1. The fourth-order valence-electron chi connectivity index (χ4n) is 3.76. The summed E-state index contributed by atoms with van der Waals surface area (Å²) in [5, 5.41) is 6.86. The van der Waals surface area contributed by atoms with Crippen molar-refractivity contribution in [1.29, 1.82) is 0 Å². The highest BCUT2D eigenvalue weighted by Gasteiger charge is 2.19. The maximum atomic E-state index is 12.7. The Bertz CT molecular complexity index is 1040. The highest BCUT2D eigenvalue weighted by atomic mass is 32.1. The molecule has 0 aliphatic heterocycles. The maximum Gasteiger partial charge on any atom is 0.257 e. The van der Waals surface area contributed by atoms with Gasteiger partial charge in [0.2, 0.25) is 0 Å². The number of rotatable bonds is 6. The number of thiocarbonyl (C=S) groups is 1. The number of amides is 1. The first kappa shape index (κ1) is 22.5. The van der Waals surface area contributed by atoms with E-state index in [4.69, 9.17) is 12.2 Å². The minimum atomic E-state index is -0.204. The number of aryl methyl sites for hydroxylation is 4. The molecular formula is C26H29N3OS. The second-order valence-electron chi connectivity index (χ2n) is 7.71. The molecule has 5 heteroatoms. The number of carbonyl (C=O) groups is 1. The third kappa shape index (κ3) is 5.50. The molecule has 0 heterocycles. The molecular weight excluding hydrogens is 402 g/mol. The minimum Gasteiger partial charge on any atom is -0.383 e. The number of nitrogens with one attached hydrogen (secondary N) is 2. The van der Waals surface area contributed by atoms with Crippen molar-refractivity contribution in [3.63, 3.8) is 0 Å². The van der Waals surface area contributed by atoms with Gasteiger partial charge in [-0.2, -0.15) is 0 Å². The SMILES string of the molecule is Cc1cccc(C)c1NCCN(C(=S)NC(=O)c1ccccc1)c1c(C)cccc1C. The number of benzene rings is 3. The Morgan fingerprint density at radius 3 is 1.94 bits per heavy atom. The van der Waals surface area contributed by atoms with Gasteiger partial charge in [0.1, 0.15) is 0 Å². The second-order valence-corrected chi connectivity index (χ2v) is 8.10. The third-order valence-corrected chi connectivity index (χ3v) is 5.65. The van der Waals surface area contributed by atoms with Gasteiger partial charge in [-0.1, -0.05) is 54.6 Å². The number of hydrogen-bond donors (Lipinski definition) is 2. The van der Waals surface area contributed by atoms with Gasteiger partial charge in [-0.15, -0.1) is 0 Å². The first-order chi connectivity index (χ1) is 14.9. The summed E-state index contributed by atoms with van der Waals surface area (Å²) < 4.78 is 0. The van der Waals surface area contributed by atoms with Crippen LogP contribution in [-0.2, 0) is 0 Å². The lowest BCUT2D eigenvalue weighted by atomic mass is 10.1. The molecule has 0 unspecified atom stereocenters. The minimum absolute atomic E-state index is 0.204. The van der Waals surface area contributed by atoms with Crippen molar-refractivity contribution in [1.82, 2.24) is 5.32 Å². The van der Waals surface area contributed by atoms with E-state index in [0.29, 0.717) is 23.8 Å². The second kappa shape index (κ2) is 10.2. The standard InChI is InChI=1S/C26H29N3OS/c1-18-10-8-11-19(2)23(18)27-16-17-29(24-20(3)12-9-13-21(24)4)26(31)28-25(30)22-14-6-5-7-15-22/h5-15,27H,16-17H2,1-4H3,(H,28,30,31). The van der Waals surface area contributed by atoms with Crippen LogP contribution < -0.4 is 15.5 Å². The van der Waals surface area contributed by atoms with Crippen LogP contribution >= 0.6 is 12.2 Å². The van der Waals surface area contributed by atoms with Crippen molar-refractivity contribution in [2.45, 2.75) is 27.7 Å². The Morgan fingerprint density at radius 2 is 1.35 bits per heavy atom. The molecule has 3 rings (SSSR count). The van der Waals surface area contributed by atoms with Gasteiger partial charge >= 0.3 is 0 Å². The Balaban J connectivity index is 1.81. The fourth-order valence-corrected chi connectivity index (χ4v) is 4.03. The van der Waals surface area contributed by atoms with Crippen LogP contribution in [-0.4, -0.2) is 24.1 Å². The monoisotopic (exact) mass is 431 g/mol. The molecule has 4 nitrogen and oxygen atoms in total. The lowest BCUT2D eigenvalue weighted by molar-refractivity contribution is 0.0977. The summed E-state index contributed by atoms with van der Waals surface area (Å²) in [5.74, 6) is -0.204. The lowest BCUT2D eigenvalue weighted by Crippen LogP contribution is -2.45. The van der Waals surface area contributed by atoms with Gasteiger partial charge in [-0.25, -0.2) is 0 Å². The molecule has 0 saturated heterocycles. The van der Waals surface area contributed by atoms with Crippen molar-refractivity contribution in [2.24, 2.45) is 0 Å². The van der Waals surface area contributed by atoms with E-state index in [-0.39, 0.29) is 5.91 Å². The first-order valence-electron chi connectivity index (χ1n) is 10.4. The molecule has 2 N–H and O–H groups in total. The van der Waals surface area contributed by atoms with Gasteiger partial charge in [0.15, 0.2) is 5.11 Å². The molecule has 0 fully saturated rings. The molecule has 0 aliphatic rings. The predicted octanol–water partition coefficient (Wildman–Crippen LogP) is 5.55. The summed E-state index contributed by atoms with van der Waals surface area (Å²) >= 11 is 5.70. The normalized spacial score (nSPS) is 10.5. The molecule has 0 aromatic heterocycles. The summed E-state index contributed by atoms with van der Waals surface area (Å²) in [4.78, 5) is 14.7. The molecule has 1 amide bonds. The summed E-state index contributed by atoms with van der Waals surface area (Å²) in [6.45, 7) is 9.63. The topological polar surface area (TPSA) is 44.4 Å². The average molecular weight is 432 g/mol.